The van der Waals surface area contributed by atoms with Crippen LogP contribution in [0.3, 0.4) is 0 Å². The third-order valence-corrected chi connectivity index (χ3v) is 8.00. The van der Waals surface area contributed by atoms with Crippen molar-refractivity contribution in [2.24, 2.45) is 11.8 Å². The zero-order valence-electron chi connectivity index (χ0n) is 15.6. The first-order valence-corrected chi connectivity index (χ1v) is 11.6. The standard InChI is InChI=1S/C18H33N3O3S.ClH/c22-18(17-9-4-10-19-17)20-12-16-8-5-11-21(13-16)25(23,24)14-15-6-2-1-3-7-15;/h15-17,19H,1-14H2,(H,20,22);1H. The van der Waals surface area contributed by atoms with Gasteiger partial charge in [-0.05, 0) is 56.9 Å². The first kappa shape index (κ1) is 21.9. The Bertz CT molecular complexity index is 546. The van der Waals surface area contributed by atoms with Crippen LogP contribution in [0.5, 0.6) is 0 Å². The van der Waals surface area contributed by atoms with Crippen LogP contribution < -0.4 is 10.6 Å². The van der Waals surface area contributed by atoms with Gasteiger partial charge in [-0.1, -0.05) is 19.3 Å². The number of nitrogens with one attached hydrogen (secondary N) is 2. The van der Waals surface area contributed by atoms with Crippen molar-refractivity contribution in [2.75, 3.05) is 31.9 Å². The molecule has 3 fully saturated rings. The van der Waals surface area contributed by atoms with Crippen LogP contribution in [0.4, 0.5) is 0 Å². The van der Waals surface area contributed by atoms with E-state index in [-0.39, 0.29) is 30.3 Å². The summed E-state index contributed by atoms with van der Waals surface area (Å²) in [4.78, 5) is 12.1. The van der Waals surface area contributed by atoms with E-state index >= 15 is 0 Å². The number of amides is 1. The van der Waals surface area contributed by atoms with Crippen molar-refractivity contribution >= 4 is 28.3 Å². The summed E-state index contributed by atoms with van der Waals surface area (Å²) in [6.07, 6.45) is 9.54. The van der Waals surface area contributed by atoms with Gasteiger partial charge in [0.25, 0.3) is 0 Å². The molecule has 8 heteroatoms. The van der Waals surface area contributed by atoms with E-state index in [2.05, 4.69) is 10.6 Å². The Morgan fingerprint density at radius 3 is 2.42 bits per heavy atom. The minimum atomic E-state index is -3.16. The van der Waals surface area contributed by atoms with E-state index in [9.17, 15) is 13.2 Å². The average Bonchev–Trinajstić information content (AvgIpc) is 3.15. The molecule has 2 aliphatic heterocycles. The predicted molar refractivity (Wildman–Crippen MR) is 106 cm³/mol. The quantitative estimate of drug-likeness (QED) is 0.704. The summed E-state index contributed by atoms with van der Waals surface area (Å²) >= 11 is 0. The molecular weight excluding hydrogens is 374 g/mol. The van der Waals surface area contributed by atoms with Gasteiger partial charge in [0.2, 0.25) is 15.9 Å². The zero-order valence-corrected chi connectivity index (χ0v) is 17.3. The van der Waals surface area contributed by atoms with Crippen molar-refractivity contribution in [1.29, 1.82) is 0 Å². The van der Waals surface area contributed by atoms with E-state index in [4.69, 9.17) is 0 Å². The van der Waals surface area contributed by atoms with E-state index in [1.165, 1.54) is 19.3 Å². The van der Waals surface area contributed by atoms with Gasteiger partial charge in [-0.15, -0.1) is 12.4 Å². The van der Waals surface area contributed by atoms with Crippen molar-refractivity contribution in [3.8, 4) is 0 Å². The van der Waals surface area contributed by atoms with Crippen LogP contribution in [0.2, 0.25) is 0 Å². The highest BCUT2D eigenvalue weighted by Gasteiger charge is 2.32. The van der Waals surface area contributed by atoms with Crippen molar-refractivity contribution in [1.82, 2.24) is 14.9 Å². The maximum Gasteiger partial charge on any atom is 0.237 e. The lowest BCUT2D eigenvalue weighted by Crippen LogP contribution is -2.47. The molecule has 0 aromatic rings. The first-order valence-electron chi connectivity index (χ1n) is 10.0. The number of sulfonamides is 1. The third kappa shape index (κ3) is 6.08. The Labute approximate surface area is 164 Å². The number of halogens is 1. The van der Waals surface area contributed by atoms with Crippen LogP contribution >= 0.6 is 12.4 Å². The SMILES string of the molecule is Cl.O=C(NCC1CCCN(S(=O)(=O)CC2CCCCC2)C1)C1CCCN1. The molecule has 2 N–H and O–H groups in total. The highest BCUT2D eigenvalue weighted by atomic mass is 35.5. The molecule has 0 aromatic carbocycles. The molecule has 0 spiro atoms. The molecule has 1 amide bonds. The molecule has 26 heavy (non-hydrogen) atoms. The maximum atomic E-state index is 12.8. The fourth-order valence-electron chi connectivity index (χ4n) is 4.48. The lowest BCUT2D eigenvalue weighted by atomic mass is 9.91. The number of rotatable bonds is 6. The highest BCUT2D eigenvalue weighted by molar-refractivity contribution is 7.89. The molecule has 3 rings (SSSR count). The Balaban J connectivity index is 0.00000243. The van der Waals surface area contributed by atoms with E-state index in [0.717, 1.165) is 45.1 Å². The summed E-state index contributed by atoms with van der Waals surface area (Å²) in [5.41, 5.74) is 0. The summed E-state index contributed by atoms with van der Waals surface area (Å²) in [6, 6.07) is -0.0604. The number of hydrogen-bond acceptors (Lipinski definition) is 4. The summed E-state index contributed by atoms with van der Waals surface area (Å²) in [6.45, 7) is 2.71. The fraction of sp³-hybridized carbons (Fsp3) is 0.944. The molecule has 152 valence electrons. The van der Waals surface area contributed by atoms with Gasteiger partial charge >= 0.3 is 0 Å². The monoisotopic (exact) mass is 407 g/mol. The van der Waals surface area contributed by atoms with Crippen LogP contribution in [0, 0.1) is 11.8 Å². The lowest BCUT2D eigenvalue weighted by Gasteiger charge is -2.33. The normalized spacial score (nSPS) is 28.5. The van der Waals surface area contributed by atoms with E-state index in [1.807, 2.05) is 0 Å². The molecule has 3 aliphatic rings. The Hall–Kier alpha value is -0.370. The minimum absolute atomic E-state index is 0. The lowest BCUT2D eigenvalue weighted by molar-refractivity contribution is -0.123. The van der Waals surface area contributed by atoms with Crippen molar-refractivity contribution in [3.05, 3.63) is 0 Å². The molecule has 0 radical (unpaired) electrons. The highest BCUT2D eigenvalue weighted by Crippen LogP contribution is 2.27. The molecule has 1 aliphatic carbocycles. The fourth-order valence-corrected chi connectivity index (χ4v) is 6.46. The smallest absolute Gasteiger partial charge is 0.237 e. The Morgan fingerprint density at radius 2 is 1.73 bits per heavy atom. The first-order chi connectivity index (χ1) is 12.0. The second-order valence-electron chi connectivity index (χ2n) is 8.04. The molecule has 2 saturated heterocycles. The molecule has 1 saturated carbocycles. The number of carbonyl (C=O) groups is 1. The van der Waals surface area contributed by atoms with E-state index in [0.29, 0.717) is 31.3 Å². The summed E-state index contributed by atoms with van der Waals surface area (Å²) in [7, 11) is -3.16. The third-order valence-electron chi connectivity index (χ3n) is 5.99. The van der Waals surface area contributed by atoms with Crippen molar-refractivity contribution < 1.29 is 13.2 Å². The van der Waals surface area contributed by atoms with E-state index < -0.39 is 10.0 Å². The second kappa shape index (κ2) is 10.2. The van der Waals surface area contributed by atoms with Crippen molar-refractivity contribution in [2.45, 2.75) is 63.8 Å². The maximum absolute atomic E-state index is 12.8. The van der Waals surface area contributed by atoms with Gasteiger partial charge in [0.15, 0.2) is 0 Å². The van der Waals surface area contributed by atoms with Gasteiger partial charge < -0.3 is 10.6 Å². The van der Waals surface area contributed by atoms with Crippen LogP contribution in [0.25, 0.3) is 0 Å². The van der Waals surface area contributed by atoms with Crippen LogP contribution in [-0.4, -0.2) is 56.6 Å². The minimum Gasteiger partial charge on any atom is -0.354 e. The van der Waals surface area contributed by atoms with Gasteiger partial charge in [0.05, 0.1) is 11.8 Å². The summed E-state index contributed by atoms with van der Waals surface area (Å²) in [5.74, 6) is 0.963. The van der Waals surface area contributed by atoms with Gasteiger partial charge in [0.1, 0.15) is 0 Å². The van der Waals surface area contributed by atoms with Crippen molar-refractivity contribution in [3.63, 3.8) is 0 Å². The van der Waals surface area contributed by atoms with Crippen LogP contribution in [0.15, 0.2) is 0 Å². The molecule has 2 heterocycles. The average molecular weight is 408 g/mol. The predicted octanol–water partition coefficient (Wildman–Crippen LogP) is 1.90. The molecule has 0 aromatic heterocycles. The molecule has 6 nitrogen and oxygen atoms in total. The zero-order chi connectivity index (χ0) is 17.7. The molecule has 0 bridgehead atoms. The van der Waals surface area contributed by atoms with E-state index in [1.54, 1.807) is 4.31 Å². The summed E-state index contributed by atoms with van der Waals surface area (Å²) < 4.78 is 27.2. The number of nitrogens with zero attached hydrogens (tertiary/aromatic N) is 1. The number of piperidine rings is 1. The van der Waals surface area contributed by atoms with Crippen LogP contribution in [0.1, 0.15) is 57.8 Å². The molecule has 2 atom stereocenters. The van der Waals surface area contributed by atoms with Gasteiger partial charge in [0, 0.05) is 19.6 Å². The summed E-state index contributed by atoms with van der Waals surface area (Å²) in [5, 5.41) is 6.23. The molecular formula is C18H34ClN3O3S. The number of carbonyl (C=O) groups excluding carboxylic acids is 1. The van der Waals surface area contributed by atoms with Crippen LogP contribution in [-0.2, 0) is 14.8 Å². The van der Waals surface area contributed by atoms with Gasteiger partial charge in [-0.25, -0.2) is 12.7 Å². The molecule has 2 unspecified atom stereocenters. The Kier molecular flexibility index (Phi) is 8.64. The topological polar surface area (TPSA) is 78.5 Å². The largest absolute Gasteiger partial charge is 0.354 e. The van der Waals surface area contributed by atoms with Gasteiger partial charge in [-0.3, -0.25) is 4.79 Å². The Morgan fingerprint density at radius 1 is 1.00 bits per heavy atom. The second-order valence-corrected chi connectivity index (χ2v) is 10.1. The van der Waals surface area contributed by atoms with Gasteiger partial charge in [-0.2, -0.15) is 0 Å². The number of hydrogen-bond donors (Lipinski definition) is 2.